The fourth-order valence-corrected chi connectivity index (χ4v) is 18.2. The maximum atomic E-state index is 2.61. The van der Waals surface area contributed by atoms with Gasteiger partial charge in [0.15, 0.2) is 0 Å². The van der Waals surface area contributed by atoms with Gasteiger partial charge in [-0.15, -0.1) is 0 Å². The molecule has 2 aliphatic carbocycles. The summed E-state index contributed by atoms with van der Waals surface area (Å²) in [7, 11) is 0. The van der Waals surface area contributed by atoms with E-state index in [1.165, 1.54) is 35.1 Å². The van der Waals surface area contributed by atoms with E-state index in [1.807, 2.05) is 3.88 Å². The van der Waals surface area contributed by atoms with Gasteiger partial charge in [0.2, 0.25) is 0 Å². The van der Waals surface area contributed by atoms with Crippen molar-refractivity contribution >= 4 is 6.19 Å². The SMILES string of the molecule is CCC1=[C]([Ti]([CH]2c3cc(C(C)(C)C)ccc3-c3ccc(C(C)(C)C)cc32)=[Si](C)C)CC=C1. The molecule has 0 aliphatic heterocycles. The van der Waals surface area contributed by atoms with Gasteiger partial charge in [0.05, 0.1) is 0 Å². The molecule has 2 aliphatic rings. The fourth-order valence-electron chi connectivity index (χ4n) is 5.43. The van der Waals surface area contributed by atoms with E-state index in [1.54, 1.807) is 16.7 Å². The molecule has 168 valence electrons. The van der Waals surface area contributed by atoms with Crippen molar-refractivity contribution < 1.29 is 16.6 Å². The minimum atomic E-state index is -1.56. The molecule has 0 amide bonds. The molecule has 0 spiro atoms. The van der Waals surface area contributed by atoms with Gasteiger partial charge >= 0.3 is 204 Å². The fraction of sp³-hybridized carbons (Fsp3) is 0.467. The molecular formula is C30H40SiTi. The van der Waals surface area contributed by atoms with Crippen LogP contribution >= 0.6 is 0 Å². The number of benzene rings is 2. The van der Waals surface area contributed by atoms with Gasteiger partial charge in [-0.2, -0.15) is 0 Å². The summed E-state index contributed by atoms with van der Waals surface area (Å²) in [6.07, 6.45) is 6.90. The first kappa shape index (κ1) is 24.0. The van der Waals surface area contributed by atoms with Crippen molar-refractivity contribution in [1.29, 1.82) is 0 Å². The quantitative estimate of drug-likeness (QED) is 0.388. The van der Waals surface area contributed by atoms with Crippen molar-refractivity contribution in [3.05, 3.63) is 80.3 Å². The number of rotatable bonds is 3. The monoisotopic (exact) mass is 476 g/mol. The van der Waals surface area contributed by atoms with Crippen molar-refractivity contribution in [1.82, 2.24) is 0 Å². The van der Waals surface area contributed by atoms with Crippen LogP contribution in [0, 0.1) is 0 Å². The average Bonchev–Trinajstić information content (AvgIpc) is 3.29. The van der Waals surface area contributed by atoms with E-state index in [4.69, 9.17) is 0 Å². The van der Waals surface area contributed by atoms with Crippen LogP contribution in [-0.2, 0) is 27.4 Å². The predicted molar refractivity (Wildman–Crippen MR) is 140 cm³/mol. The average molecular weight is 477 g/mol. The Kier molecular flexibility index (Phi) is 6.42. The predicted octanol–water partition coefficient (Wildman–Crippen LogP) is 8.84. The molecule has 0 N–H and O–H groups in total. The van der Waals surface area contributed by atoms with Crippen LogP contribution in [0.2, 0.25) is 13.1 Å². The van der Waals surface area contributed by atoms with Crippen LogP contribution in [0.15, 0.2) is 58.0 Å². The number of allylic oxidation sites excluding steroid dienone is 4. The van der Waals surface area contributed by atoms with Crippen LogP contribution in [0.3, 0.4) is 0 Å². The van der Waals surface area contributed by atoms with Gasteiger partial charge < -0.3 is 0 Å². The Hall–Kier alpha value is -1.15. The summed E-state index contributed by atoms with van der Waals surface area (Å²) in [5, 5.41) is 0. The Morgan fingerprint density at radius 2 is 1.34 bits per heavy atom. The van der Waals surface area contributed by atoms with E-state index in [0.717, 1.165) is 0 Å². The van der Waals surface area contributed by atoms with Crippen LogP contribution in [-0.4, -0.2) is 6.19 Å². The topological polar surface area (TPSA) is 0 Å². The molecule has 0 saturated heterocycles. The van der Waals surface area contributed by atoms with Crippen molar-refractivity contribution in [2.24, 2.45) is 0 Å². The molecule has 0 atom stereocenters. The summed E-state index contributed by atoms with van der Waals surface area (Å²) in [6, 6.07) is 14.9. The molecule has 0 bridgehead atoms. The van der Waals surface area contributed by atoms with E-state index in [0.29, 0.717) is 4.22 Å². The second kappa shape index (κ2) is 8.57. The third-order valence-corrected chi connectivity index (χ3v) is 19.6. The van der Waals surface area contributed by atoms with Crippen LogP contribution in [0.25, 0.3) is 11.1 Å². The molecular weight excluding hydrogens is 436 g/mol. The second-order valence-electron chi connectivity index (χ2n) is 11.9. The summed E-state index contributed by atoms with van der Waals surface area (Å²) in [4.78, 5) is 0. The van der Waals surface area contributed by atoms with Crippen molar-refractivity contribution in [3.8, 4) is 11.1 Å². The van der Waals surface area contributed by atoms with E-state index >= 15 is 0 Å². The summed E-state index contributed by atoms with van der Waals surface area (Å²) in [5.74, 6) is 0. The molecule has 4 rings (SSSR count). The molecule has 0 aromatic heterocycles. The molecule has 0 fully saturated rings. The third-order valence-electron chi connectivity index (χ3n) is 7.31. The molecule has 2 aromatic carbocycles. The zero-order chi connectivity index (χ0) is 23.4. The number of hydrogen-bond acceptors (Lipinski definition) is 0. The van der Waals surface area contributed by atoms with Gasteiger partial charge in [-0.05, 0) is 0 Å². The van der Waals surface area contributed by atoms with Gasteiger partial charge in [-0.25, -0.2) is 0 Å². The summed E-state index contributed by atoms with van der Waals surface area (Å²) >= 11 is -1.56. The van der Waals surface area contributed by atoms with Crippen LogP contribution in [0.4, 0.5) is 0 Å². The Balaban J connectivity index is 2.02. The summed E-state index contributed by atoms with van der Waals surface area (Å²) in [5.41, 5.74) is 11.3. The number of fused-ring (bicyclic) bond motifs is 3. The zero-order valence-corrected chi connectivity index (χ0v) is 24.2. The normalized spacial score (nSPS) is 15.9. The second-order valence-corrected chi connectivity index (χ2v) is 24.0. The summed E-state index contributed by atoms with van der Waals surface area (Å²) < 4.78 is 2.53. The van der Waals surface area contributed by atoms with Gasteiger partial charge in [0, 0.05) is 0 Å². The molecule has 0 nitrogen and oxygen atoms in total. The Morgan fingerprint density at radius 3 is 1.75 bits per heavy atom. The van der Waals surface area contributed by atoms with Gasteiger partial charge in [-0.1, -0.05) is 0 Å². The summed E-state index contributed by atoms with van der Waals surface area (Å²) in [6.45, 7) is 21.7. The van der Waals surface area contributed by atoms with Crippen molar-refractivity contribution in [3.63, 3.8) is 0 Å². The van der Waals surface area contributed by atoms with E-state index in [9.17, 15) is 0 Å². The van der Waals surface area contributed by atoms with E-state index in [-0.39, 0.29) is 10.8 Å². The molecule has 0 unspecified atom stereocenters. The minimum absolute atomic E-state index is 0.181. The third kappa shape index (κ3) is 4.22. The Morgan fingerprint density at radius 1 is 0.844 bits per heavy atom. The Labute approximate surface area is 202 Å². The van der Waals surface area contributed by atoms with Crippen LogP contribution in [0.1, 0.15) is 87.8 Å². The van der Waals surface area contributed by atoms with Gasteiger partial charge in [0.25, 0.3) is 0 Å². The molecule has 2 aromatic rings. The molecule has 2 heteroatoms. The molecule has 32 heavy (non-hydrogen) atoms. The zero-order valence-electron chi connectivity index (χ0n) is 21.6. The first-order chi connectivity index (χ1) is 14.9. The standard InChI is InChI=1S/C21H25.C7H9.C2H6Si.Ti/c1-20(2,3)16-7-9-18-14(12-16)11-15-13-17(21(4,5)6)8-10-19(15)18;1-2-7-5-3-4-6-7;1-3-2;/h7-13H,1-6H3;3,5H,2,4H2,1H3;1-2H3;. The molecule has 0 radical (unpaired) electrons. The molecule has 0 saturated carbocycles. The molecule has 0 heterocycles. The van der Waals surface area contributed by atoms with Crippen LogP contribution < -0.4 is 0 Å². The first-order valence-electron chi connectivity index (χ1n) is 12.3. The van der Waals surface area contributed by atoms with Crippen molar-refractivity contribution in [2.45, 2.75) is 89.5 Å². The first-order valence-corrected chi connectivity index (χ1v) is 18.8. The van der Waals surface area contributed by atoms with Gasteiger partial charge in [0.1, 0.15) is 0 Å². The number of hydrogen-bond donors (Lipinski definition) is 0. The maximum absolute atomic E-state index is 2.61. The van der Waals surface area contributed by atoms with Gasteiger partial charge in [-0.3, -0.25) is 0 Å². The van der Waals surface area contributed by atoms with Crippen molar-refractivity contribution in [2.75, 3.05) is 0 Å². The van der Waals surface area contributed by atoms with E-state index < -0.39 is 22.8 Å². The Bertz CT molecular complexity index is 1090. The van der Waals surface area contributed by atoms with Crippen LogP contribution in [0.5, 0.6) is 0 Å². The van der Waals surface area contributed by atoms with E-state index in [2.05, 4.69) is 110 Å².